The number of aromatic nitrogens is 3. The van der Waals surface area contributed by atoms with Gasteiger partial charge in [0.1, 0.15) is 5.75 Å². The van der Waals surface area contributed by atoms with Crippen molar-refractivity contribution >= 4 is 34.9 Å². The molecule has 2 N–H and O–H groups in total. The summed E-state index contributed by atoms with van der Waals surface area (Å²) < 4.78 is 7.03. The fourth-order valence-electron chi connectivity index (χ4n) is 3.21. The lowest BCUT2D eigenvalue weighted by molar-refractivity contribution is 0.249. The van der Waals surface area contributed by atoms with Gasteiger partial charge in [0.05, 0.1) is 12.8 Å². The van der Waals surface area contributed by atoms with Crippen molar-refractivity contribution in [2.24, 2.45) is 0 Å². The number of fused-ring (bicyclic) bond motifs is 1. The van der Waals surface area contributed by atoms with E-state index in [1.54, 1.807) is 23.9 Å². The molecule has 0 radical (unpaired) electrons. The molecule has 9 heteroatoms. The summed E-state index contributed by atoms with van der Waals surface area (Å²) in [7, 11) is 1.63. The summed E-state index contributed by atoms with van der Waals surface area (Å²) in [5, 5.41) is 10.5. The Morgan fingerprint density at radius 1 is 1.33 bits per heavy atom. The minimum Gasteiger partial charge on any atom is -0.495 e. The van der Waals surface area contributed by atoms with Crippen LogP contribution in [-0.2, 0) is 0 Å². The zero-order valence-corrected chi connectivity index (χ0v) is 15.5. The molecule has 4 rings (SSSR count). The molecule has 3 aromatic rings. The lowest BCUT2D eigenvalue weighted by Crippen LogP contribution is -2.40. The normalized spacial score (nSPS) is 16.5. The number of hydrogen-bond acceptors (Lipinski definition) is 5. The third-order valence-electron chi connectivity index (χ3n) is 4.47. The van der Waals surface area contributed by atoms with Crippen molar-refractivity contribution in [1.82, 2.24) is 19.9 Å². The van der Waals surface area contributed by atoms with Gasteiger partial charge in [0.15, 0.2) is 5.65 Å². The highest BCUT2D eigenvalue weighted by molar-refractivity contribution is 6.30. The molecule has 0 spiro atoms. The van der Waals surface area contributed by atoms with Crippen molar-refractivity contribution < 1.29 is 9.53 Å². The van der Waals surface area contributed by atoms with Gasteiger partial charge in [-0.25, -0.2) is 9.31 Å². The highest BCUT2D eigenvalue weighted by Gasteiger charge is 2.26. The number of urea groups is 1. The lowest BCUT2D eigenvalue weighted by atomic mass is 10.2. The zero-order valence-electron chi connectivity index (χ0n) is 14.7. The lowest BCUT2D eigenvalue weighted by Gasteiger charge is -2.21. The molecule has 1 saturated heterocycles. The van der Waals surface area contributed by atoms with Crippen LogP contribution in [0, 0.1) is 0 Å². The van der Waals surface area contributed by atoms with Crippen LogP contribution in [0.4, 0.5) is 16.4 Å². The molecular formula is C18H19ClN6O2. The summed E-state index contributed by atoms with van der Waals surface area (Å²) in [5.74, 6) is 1.03. The summed E-state index contributed by atoms with van der Waals surface area (Å²) in [6, 6.07) is 10.7. The highest BCUT2D eigenvalue weighted by atomic mass is 35.5. The monoisotopic (exact) mass is 386 g/mol. The maximum Gasteiger partial charge on any atom is 0.321 e. The van der Waals surface area contributed by atoms with Crippen molar-refractivity contribution in [2.75, 3.05) is 30.4 Å². The van der Waals surface area contributed by atoms with E-state index in [0.717, 1.165) is 24.4 Å². The largest absolute Gasteiger partial charge is 0.495 e. The van der Waals surface area contributed by atoms with Crippen LogP contribution in [0.25, 0.3) is 5.65 Å². The van der Waals surface area contributed by atoms with E-state index < -0.39 is 0 Å². The maximum absolute atomic E-state index is 12.3. The number of carbonyl (C=O) groups excluding carboxylic acids is 1. The van der Waals surface area contributed by atoms with E-state index in [0.29, 0.717) is 17.2 Å². The van der Waals surface area contributed by atoms with Crippen LogP contribution in [0.15, 0.2) is 42.6 Å². The molecule has 1 aliphatic heterocycles. The van der Waals surface area contributed by atoms with Gasteiger partial charge in [-0.05, 0) is 36.8 Å². The first-order valence-corrected chi connectivity index (χ1v) is 8.97. The number of benzene rings is 1. The molecule has 0 saturated carbocycles. The van der Waals surface area contributed by atoms with E-state index in [-0.39, 0.29) is 18.0 Å². The van der Waals surface area contributed by atoms with Crippen LogP contribution < -0.4 is 20.3 Å². The smallest absolute Gasteiger partial charge is 0.321 e. The predicted octanol–water partition coefficient (Wildman–Crippen LogP) is 2.79. The van der Waals surface area contributed by atoms with Crippen molar-refractivity contribution in [2.45, 2.75) is 12.5 Å². The van der Waals surface area contributed by atoms with Crippen LogP contribution in [0.3, 0.4) is 0 Å². The van der Waals surface area contributed by atoms with Crippen molar-refractivity contribution in [3.63, 3.8) is 0 Å². The van der Waals surface area contributed by atoms with E-state index in [2.05, 4.69) is 25.6 Å². The number of nitrogens with one attached hydrogen (secondary N) is 2. The molecule has 27 heavy (non-hydrogen) atoms. The SMILES string of the molecule is COc1ccc(Cl)cc1N1CCC(NC(=O)Nc2nc3ccccn3n2)C1. The second-order valence-electron chi connectivity index (χ2n) is 6.29. The fraction of sp³-hybridized carbons (Fsp3) is 0.278. The average molecular weight is 387 g/mol. The minimum absolute atomic E-state index is 0.00530. The standard InChI is InChI=1S/C18H19ClN6O2/c1-27-15-6-5-12(19)10-14(15)24-9-7-13(11-24)20-18(26)22-17-21-16-4-2-3-8-25(16)23-17/h2-6,8,10,13H,7,9,11H2,1H3,(H2,20,22,23,26). The third-order valence-corrected chi connectivity index (χ3v) is 4.71. The molecule has 1 aromatic carbocycles. The van der Waals surface area contributed by atoms with E-state index >= 15 is 0 Å². The summed E-state index contributed by atoms with van der Waals surface area (Å²) in [5.41, 5.74) is 1.60. The number of methoxy groups -OCH3 is 1. The topological polar surface area (TPSA) is 83.8 Å². The van der Waals surface area contributed by atoms with Gasteiger partial charge >= 0.3 is 6.03 Å². The summed E-state index contributed by atoms with van der Waals surface area (Å²) in [4.78, 5) is 18.7. The van der Waals surface area contributed by atoms with E-state index in [1.807, 2.05) is 30.3 Å². The first kappa shape index (κ1) is 17.4. The molecule has 0 bridgehead atoms. The molecule has 8 nitrogen and oxygen atoms in total. The molecule has 1 unspecified atom stereocenters. The number of halogens is 1. The molecular weight excluding hydrogens is 368 g/mol. The summed E-state index contributed by atoms with van der Waals surface area (Å²) in [6.07, 6.45) is 2.60. The predicted molar refractivity (Wildman–Crippen MR) is 104 cm³/mol. The summed E-state index contributed by atoms with van der Waals surface area (Å²) in [6.45, 7) is 1.47. The van der Waals surface area contributed by atoms with Crippen LogP contribution in [0.5, 0.6) is 5.75 Å². The summed E-state index contributed by atoms with van der Waals surface area (Å²) >= 11 is 6.12. The van der Waals surface area contributed by atoms with Gasteiger partial charge in [0.2, 0.25) is 0 Å². The third kappa shape index (κ3) is 3.75. The number of pyridine rings is 1. The number of carbonyl (C=O) groups is 1. The van der Waals surface area contributed by atoms with Crippen molar-refractivity contribution in [3.05, 3.63) is 47.6 Å². The van der Waals surface area contributed by atoms with Crippen LogP contribution in [0.1, 0.15) is 6.42 Å². The van der Waals surface area contributed by atoms with Gasteiger partial charge in [0, 0.05) is 30.4 Å². The molecule has 2 aromatic heterocycles. The van der Waals surface area contributed by atoms with Gasteiger partial charge in [-0.1, -0.05) is 17.7 Å². The first-order chi connectivity index (χ1) is 13.1. The van der Waals surface area contributed by atoms with Crippen molar-refractivity contribution in [3.8, 4) is 5.75 Å². The van der Waals surface area contributed by atoms with E-state index in [9.17, 15) is 4.79 Å². The second kappa shape index (κ2) is 7.32. The van der Waals surface area contributed by atoms with E-state index in [4.69, 9.17) is 16.3 Å². The number of hydrogen-bond donors (Lipinski definition) is 2. The minimum atomic E-state index is -0.323. The number of nitrogens with zero attached hydrogens (tertiary/aromatic N) is 4. The Hall–Kier alpha value is -3.00. The number of rotatable bonds is 4. The molecule has 140 valence electrons. The Morgan fingerprint density at radius 3 is 3.04 bits per heavy atom. The van der Waals surface area contributed by atoms with Crippen LogP contribution in [0.2, 0.25) is 5.02 Å². The fourth-order valence-corrected chi connectivity index (χ4v) is 3.38. The number of ether oxygens (including phenoxy) is 1. The highest BCUT2D eigenvalue weighted by Crippen LogP contribution is 2.33. The number of amides is 2. The number of anilines is 2. The average Bonchev–Trinajstić information content (AvgIpc) is 3.27. The molecule has 1 aliphatic rings. The maximum atomic E-state index is 12.3. The Kier molecular flexibility index (Phi) is 4.72. The molecule has 1 fully saturated rings. The van der Waals surface area contributed by atoms with Crippen molar-refractivity contribution in [1.29, 1.82) is 0 Å². The zero-order chi connectivity index (χ0) is 18.8. The Labute approximate surface area is 161 Å². The Morgan fingerprint density at radius 2 is 2.22 bits per heavy atom. The van der Waals surface area contributed by atoms with Crippen LogP contribution >= 0.6 is 11.6 Å². The molecule has 3 heterocycles. The molecule has 0 aliphatic carbocycles. The van der Waals surface area contributed by atoms with E-state index in [1.165, 1.54) is 0 Å². The Balaban J connectivity index is 1.38. The second-order valence-corrected chi connectivity index (χ2v) is 6.72. The molecule has 2 amide bonds. The van der Waals surface area contributed by atoms with Gasteiger partial charge < -0.3 is 15.0 Å². The van der Waals surface area contributed by atoms with Gasteiger partial charge in [0.25, 0.3) is 5.95 Å². The van der Waals surface area contributed by atoms with Gasteiger partial charge in [-0.2, -0.15) is 4.98 Å². The Bertz CT molecular complexity index is 942. The van der Waals surface area contributed by atoms with Crippen LogP contribution in [-0.4, -0.2) is 46.9 Å². The van der Waals surface area contributed by atoms with Gasteiger partial charge in [-0.15, -0.1) is 5.10 Å². The quantitative estimate of drug-likeness (QED) is 0.720. The van der Waals surface area contributed by atoms with Gasteiger partial charge in [-0.3, -0.25) is 5.32 Å². The first-order valence-electron chi connectivity index (χ1n) is 8.60. The molecule has 1 atom stereocenters.